The van der Waals surface area contributed by atoms with Crippen LogP contribution in [0.5, 0.6) is 0 Å². The number of nitrogens with one attached hydrogen (secondary N) is 1. The molecule has 0 aliphatic heterocycles. The van der Waals surface area contributed by atoms with Gasteiger partial charge in [0.05, 0.1) is 33.4 Å². The molecule has 0 unspecified atom stereocenters. The molecule has 4 heterocycles. The molecule has 202 valence electrons. The van der Waals surface area contributed by atoms with Gasteiger partial charge in [-0.2, -0.15) is 0 Å². The number of benzene rings is 1. The lowest BCUT2D eigenvalue weighted by Gasteiger charge is -2.36. The molecule has 6 rings (SSSR count). The van der Waals surface area contributed by atoms with E-state index in [9.17, 15) is 13.5 Å². The zero-order chi connectivity index (χ0) is 27.4. The fourth-order valence-corrected chi connectivity index (χ4v) is 6.89. The van der Waals surface area contributed by atoms with E-state index >= 15 is 0 Å². The highest BCUT2D eigenvalue weighted by atomic mass is 32.2. The molecule has 4 aromatic heterocycles. The van der Waals surface area contributed by atoms with Gasteiger partial charge in [0, 0.05) is 24.0 Å². The molecule has 5 aromatic rings. The van der Waals surface area contributed by atoms with Crippen LogP contribution in [0, 0.1) is 12.8 Å². The topological polar surface area (TPSA) is 114 Å². The normalized spacial score (nSPS) is 18.6. The highest BCUT2D eigenvalue weighted by molar-refractivity contribution is 7.90. The van der Waals surface area contributed by atoms with Gasteiger partial charge < -0.3 is 10.4 Å². The van der Waals surface area contributed by atoms with Crippen LogP contribution in [0.3, 0.4) is 0 Å². The smallest absolute Gasteiger partial charge is 0.268 e. The predicted molar refractivity (Wildman–Crippen MR) is 151 cm³/mol. The molecule has 1 aromatic carbocycles. The molecule has 2 N–H and O–H groups in total. The summed E-state index contributed by atoms with van der Waals surface area (Å²) in [6, 6.07) is 14.4. The maximum Gasteiger partial charge on any atom is 0.268 e. The summed E-state index contributed by atoms with van der Waals surface area (Å²) in [5, 5.41) is 18.7. The lowest BCUT2D eigenvalue weighted by Crippen LogP contribution is -2.37. The fraction of sp³-hybridized carbons (Fsp3) is 0.345. The van der Waals surface area contributed by atoms with Gasteiger partial charge in [0.2, 0.25) is 0 Å². The lowest BCUT2D eigenvalue weighted by atomic mass is 9.77. The van der Waals surface area contributed by atoms with Crippen molar-refractivity contribution in [2.45, 2.75) is 63.0 Å². The van der Waals surface area contributed by atoms with E-state index in [1.165, 1.54) is 3.97 Å². The minimum Gasteiger partial charge on any atom is -0.390 e. The van der Waals surface area contributed by atoms with Crippen molar-refractivity contribution in [3.8, 4) is 11.3 Å². The molecular formula is C29H32N6O3S. The summed E-state index contributed by atoms with van der Waals surface area (Å²) in [6.07, 6.45) is 8.80. The van der Waals surface area contributed by atoms with Gasteiger partial charge in [0.15, 0.2) is 5.65 Å². The van der Waals surface area contributed by atoms with E-state index in [-0.39, 0.29) is 10.9 Å². The van der Waals surface area contributed by atoms with Gasteiger partial charge in [-0.3, -0.25) is 4.98 Å². The molecule has 0 spiro atoms. The Labute approximate surface area is 227 Å². The van der Waals surface area contributed by atoms with Gasteiger partial charge in [0.25, 0.3) is 10.0 Å². The molecule has 1 aliphatic carbocycles. The first-order valence-electron chi connectivity index (χ1n) is 13.2. The van der Waals surface area contributed by atoms with E-state index in [1.54, 1.807) is 59.5 Å². The molecule has 10 heteroatoms. The summed E-state index contributed by atoms with van der Waals surface area (Å²) in [6.45, 7) is 5.70. The van der Waals surface area contributed by atoms with Crippen LogP contribution < -0.4 is 5.32 Å². The van der Waals surface area contributed by atoms with Gasteiger partial charge in [-0.1, -0.05) is 17.7 Å². The van der Waals surface area contributed by atoms with Crippen molar-refractivity contribution in [2.24, 2.45) is 5.92 Å². The van der Waals surface area contributed by atoms with Crippen molar-refractivity contribution < 1.29 is 13.5 Å². The molecule has 1 fully saturated rings. The van der Waals surface area contributed by atoms with Crippen molar-refractivity contribution >= 4 is 32.5 Å². The minimum atomic E-state index is -3.85. The summed E-state index contributed by atoms with van der Waals surface area (Å²) >= 11 is 0. The van der Waals surface area contributed by atoms with Gasteiger partial charge in [0.1, 0.15) is 5.82 Å². The summed E-state index contributed by atoms with van der Waals surface area (Å²) in [7, 11) is -3.85. The van der Waals surface area contributed by atoms with Crippen LogP contribution in [0.25, 0.3) is 27.9 Å². The van der Waals surface area contributed by atoms with Crippen LogP contribution in [-0.4, -0.2) is 48.7 Å². The molecule has 0 atom stereocenters. The Balaban J connectivity index is 1.37. The standard InChI is InChI=1S/C29H32N6O3S/c1-19-6-12-22(13-7-19)39(37,38)34-18-23(28-24(34)5-4-16-30-28)25-17-31-27-15-14-26(33-35(25)27)32-21-10-8-20(9-11-21)29(2,3)36/h4-7,12-18,20-21,36H,8-11H2,1-3H3,(H,32,33). The number of aliphatic hydroxyl groups is 1. The maximum atomic E-state index is 13.6. The second kappa shape index (κ2) is 9.46. The average Bonchev–Trinajstić information content (AvgIpc) is 3.50. The van der Waals surface area contributed by atoms with Gasteiger partial charge in [-0.15, -0.1) is 5.10 Å². The molecular weight excluding hydrogens is 512 g/mol. The first kappa shape index (κ1) is 25.5. The van der Waals surface area contributed by atoms with E-state index in [4.69, 9.17) is 5.10 Å². The quantitative estimate of drug-likeness (QED) is 0.308. The lowest BCUT2D eigenvalue weighted by molar-refractivity contribution is -0.000407. The monoisotopic (exact) mass is 544 g/mol. The Hall–Kier alpha value is -3.76. The second-order valence-corrected chi connectivity index (χ2v) is 12.8. The van der Waals surface area contributed by atoms with E-state index in [1.807, 2.05) is 32.9 Å². The number of nitrogens with zero attached hydrogens (tertiary/aromatic N) is 5. The van der Waals surface area contributed by atoms with Crippen LogP contribution in [0.15, 0.2) is 72.0 Å². The highest BCUT2D eigenvalue weighted by Crippen LogP contribution is 2.34. The van der Waals surface area contributed by atoms with E-state index in [2.05, 4.69) is 15.3 Å². The minimum absolute atomic E-state index is 0.211. The molecule has 9 nitrogen and oxygen atoms in total. The van der Waals surface area contributed by atoms with Crippen molar-refractivity contribution in [1.82, 2.24) is 23.6 Å². The Morgan fingerprint density at radius 3 is 2.46 bits per heavy atom. The number of pyridine rings is 1. The van der Waals surface area contributed by atoms with Crippen molar-refractivity contribution in [2.75, 3.05) is 5.32 Å². The highest BCUT2D eigenvalue weighted by Gasteiger charge is 2.31. The summed E-state index contributed by atoms with van der Waals surface area (Å²) in [5.74, 6) is 1.02. The third-order valence-corrected chi connectivity index (χ3v) is 9.51. The molecule has 0 saturated heterocycles. The number of hydrogen-bond donors (Lipinski definition) is 2. The number of aromatic nitrogens is 5. The number of anilines is 1. The molecule has 39 heavy (non-hydrogen) atoms. The zero-order valence-electron chi connectivity index (χ0n) is 22.2. The van der Waals surface area contributed by atoms with E-state index < -0.39 is 15.6 Å². The Morgan fingerprint density at radius 1 is 1.00 bits per heavy atom. The van der Waals surface area contributed by atoms with Crippen LogP contribution in [0.1, 0.15) is 45.1 Å². The van der Waals surface area contributed by atoms with Gasteiger partial charge >= 0.3 is 0 Å². The van der Waals surface area contributed by atoms with Gasteiger partial charge in [-0.25, -0.2) is 21.9 Å². The summed E-state index contributed by atoms with van der Waals surface area (Å²) in [4.78, 5) is 9.27. The van der Waals surface area contributed by atoms with Crippen LogP contribution >= 0.6 is 0 Å². The van der Waals surface area contributed by atoms with E-state index in [0.29, 0.717) is 33.9 Å². The molecule has 0 bridgehead atoms. The molecule has 0 radical (unpaired) electrons. The largest absolute Gasteiger partial charge is 0.390 e. The second-order valence-electron chi connectivity index (χ2n) is 11.0. The molecule has 1 aliphatic rings. The molecule has 1 saturated carbocycles. The maximum absolute atomic E-state index is 13.6. The SMILES string of the molecule is Cc1ccc(S(=O)(=O)n2cc(-c3cnc4ccc(NC5CCC(C(C)(C)O)CC5)nn34)c3ncccc32)cc1. The number of aryl methyl sites for hydroxylation is 1. The zero-order valence-corrected chi connectivity index (χ0v) is 23.1. The number of imidazole rings is 1. The number of hydrogen-bond acceptors (Lipinski definition) is 7. The number of rotatable bonds is 6. The third kappa shape index (κ3) is 4.68. The molecule has 0 amide bonds. The number of fused-ring (bicyclic) bond motifs is 2. The summed E-state index contributed by atoms with van der Waals surface area (Å²) < 4.78 is 30.3. The Bertz CT molecular complexity index is 1760. The first-order valence-corrected chi connectivity index (χ1v) is 14.7. The van der Waals surface area contributed by atoms with Crippen LogP contribution in [0.2, 0.25) is 0 Å². The van der Waals surface area contributed by atoms with Crippen molar-refractivity contribution in [1.29, 1.82) is 0 Å². The Kier molecular flexibility index (Phi) is 6.19. The summed E-state index contributed by atoms with van der Waals surface area (Å²) in [5.41, 5.74) is 3.30. The van der Waals surface area contributed by atoms with Crippen molar-refractivity contribution in [3.63, 3.8) is 0 Å². The van der Waals surface area contributed by atoms with Crippen molar-refractivity contribution in [3.05, 3.63) is 72.7 Å². The van der Waals surface area contributed by atoms with E-state index in [0.717, 1.165) is 37.1 Å². The fourth-order valence-electron chi connectivity index (χ4n) is 5.53. The van der Waals surface area contributed by atoms with Crippen LogP contribution in [-0.2, 0) is 10.0 Å². The average molecular weight is 545 g/mol. The first-order chi connectivity index (χ1) is 18.6. The van der Waals surface area contributed by atoms with Gasteiger partial charge in [-0.05, 0) is 88.8 Å². The van der Waals surface area contributed by atoms with Crippen LogP contribution in [0.4, 0.5) is 5.82 Å². The third-order valence-electron chi connectivity index (χ3n) is 7.82. The Morgan fingerprint density at radius 2 is 1.74 bits per heavy atom. The predicted octanol–water partition coefficient (Wildman–Crippen LogP) is 5.03.